The molecule has 0 radical (unpaired) electrons. The van der Waals surface area contributed by atoms with Crippen LogP contribution in [0, 0.1) is 6.92 Å². The van der Waals surface area contributed by atoms with E-state index in [1.807, 2.05) is 51.1 Å². The van der Waals surface area contributed by atoms with Gasteiger partial charge in [-0.2, -0.15) is 0 Å². The maximum Gasteiger partial charge on any atom is 0.313 e. The molecule has 0 aliphatic carbocycles. The number of aromatic nitrogens is 1. The van der Waals surface area contributed by atoms with Gasteiger partial charge in [0.25, 0.3) is 0 Å². The molecule has 2 aromatic heterocycles. The highest BCUT2D eigenvalue weighted by Gasteiger charge is 2.18. The van der Waals surface area contributed by atoms with Gasteiger partial charge in [-0.25, -0.2) is 4.98 Å². The lowest BCUT2D eigenvalue weighted by Gasteiger charge is -1.98. The number of carboxylic acid groups (broad SMARTS) is 1. The topological polar surface area (TPSA) is 81.8 Å². The van der Waals surface area contributed by atoms with E-state index in [4.69, 9.17) is 19.0 Å². The lowest BCUT2D eigenvalue weighted by Crippen LogP contribution is -1.97. The normalized spacial score (nSPS) is 12.1. The van der Waals surface area contributed by atoms with Gasteiger partial charge >= 0.3 is 5.97 Å². The fourth-order valence-electron chi connectivity index (χ4n) is 2.87. The third-order valence-electron chi connectivity index (χ3n) is 4.26. The van der Waals surface area contributed by atoms with Gasteiger partial charge in [0, 0.05) is 27.5 Å². The molecule has 1 N–H and O–H groups in total. The summed E-state index contributed by atoms with van der Waals surface area (Å²) in [6.45, 7) is 6.16. The van der Waals surface area contributed by atoms with Crippen LogP contribution in [0.4, 0.5) is 0 Å². The second-order valence-corrected chi connectivity index (χ2v) is 8.61. The molecule has 0 saturated carbocycles. The minimum absolute atomic E-state index is 0.122. The molecule has 1 aliphatic heterocycles. The summed E-state index contributed by atoms with van der Waals surface area (Å²) in [6.07, 6.45) is 4.71. The first-order valence-corrected chi connectivity index (χ1v) is 12.0. The summed E-state index contributed by atoms with van der Waals surface area (Å²) < 4.78 is 16.7. The summed E-state index contributed by atoms with van der Waals surface area (Å²) in [5.74, 6) is 2.83. The Morgan fingerprint density at radius 2 is 2.03 bits per heavy atom. The quantitative estimate of drug-likeness (QED) is 0.421. The SMILES string of the molecule is CC.Cc1oc(-c2ccc3c(c2)OCO3)nc1Cc1ccc(/C=C/CSCC(=O)O)s1. The number of hydrogen-bond acceptors (Lipinski definition) is 7. The average molecular weight is 460 g/mol. The lowest BCUT2D eigenvalue weighted by molar-refractivity contribution is -0.133. The third-order valence-corrected chi connectivity index (χ3v) is 6.19. The number of hydrogen-bond donors (Lipinski definition) is 1. The molecular formula is C23H25NO5S2. The van der Waals surface area contributed by atoms with Crippen molar-refractivity contribution < 1.29 is 23.8 Å². The Balaban J connectivity index is 0.00000132. The van der Waals surface area contributed by atoms with Gasteiger partial charge in [0.05, 0.1) is 11.4 Å². The van der Waals surface area contributed by atoms with Crippen LogP contribution < -0.4 is 9.47 Å². The van der Waals surface area contributed by atoms with Crippen LogP contribution in [0.1, 0.15) is 35.1 Å². The van der Waals surface area contributed by atoms with Crippen molar-refractivity contribution in [3.63, 3.8) is 0 Å². The first-order chi connectivity index (χ1) is 15.1. The largest absolute Gasteiger partial charge is 0.481 e. The first-order valence-electron chi connectivity index (χ1n) is 9.99. The standard InChI is InChI=1S/C21H19NO5S2.C2H6/c1-13-17(10-16-6-5-15(29-16)3-2-8-28-11-20(23)24)22-21(27-13)14-4-7-18-19(9-14)26-12-25-18;1-2/h2-7,9H,8,10-12H2,1H3,(H,23,24);1-2H3/b3-2+;. The summed E-state index contributed by atoms with van der Waals surface area (Å²) in [5, 5.41) is 8.64. The molecule has 164 valence electrons. The number of thiophene rings is 1. The number of oxazole rings is 1. The minimum atomic E-state index is -0.787. The second kappa shape index (κ2) is 11.1. The van der Waals surface area contributed by atoms with Gasteiger partial charge in [-0.3, -0.25) is 4.79 Å². The number of ether oxygens (including phenoxy) is 2. The zero-order chi connectivity index (χ0) is 22.2. The number of nitrogens with zero attached hydrogens (tertiary/aromatic N) is 1. The Hall–Kier alpha value is -2.71. The van der Waals surface area contributed by atoms with Gasteiger partial charge in [-0.15, -0.1) is 23.1 Å². The van der Waals surface area contributed by atoms with Gasteiger partial charge in [-0.05, 0) is 43.3 Å². The molecule has 1 aliphatic rings. The molecule has 0 amide bonds. The highest BCUT2D eigenvalue weighted by atomic mass is 32.2. The molecule has 0 saturated heterocycles. The lowest BCUT2D eigenvalue weighted by atomic mass is 10.2. The monoisotopic (exact) mass is 459 g/mol. The van der Waals surface area contributed by atoms with E-state index in [1.54, 1.807) is 11.3 Å². The van der Waals surface area contributed by atoms with Crippen LogP contribution in [0.25, 0.3) is 17.5 Å². The number of carbonyl (C=O) groups is 1. The van der Waals surface area contributed by atoms with Crippen LogP contribution in [0.3, 0.4) is 0 Å². The fourth-order valence-corrected chi connectivity index (χ4v) is 4.34. The molecule has 6 nitrogen and oxygen atoms in total. The predicted octanol–water partition coefficient (Wildman–Crippen LogP) is 5.89. The molecule has 0 unspecified atom stereocenters. The number of benzene rings is 1. The van der Waals surface area contributed by atoms with Gasteiger partial charge in [0.15, 0.2) is 11.5 Å². The predicted molar refractivity (Wildman–Crippen MR) is 125 cm³/mol. The van der Waals surface area contributed by atoms with E-state index in [9.17, 15) is 4.79 Å². The number of aryl methyl sites for hydroxylation is 1. The highest BCUT2D eigenvalue weighted by molar-refractivity contribution is 8.00. The molecule has 3 aromatic rings. The molecule has 0 spiro atoms. The summed E-state index contributed by atoms with van der Waals surface area (Å²) in [5.41, 5.74) is 1.77. The van der Waals surface area contributed by atoms with E-state index < -0.39 is 5.97 Å². The molecule has 3 heterocycles. The van der Waals surface area contributed by atoms with Crippen molar-refractivity contribution in [2.24, 2.45) is 0 Å². The minimum Gasteiger partial charge on any atom is -0.481 e. The number of fused-ring (bicyclic) bond motifs is 1. The molecule has 0 bridgehead atoms. The van der Waals surface area contributed by atoms with Crippen molar-refractivity contribution >= 4 is 35.1 Å². The number of carboxylic acids is 1. The third kappa shape index (κ3) is 6.15. The Kier molecular flexibility index (Phi) is 8.20. The van der Waals surface area contributed by atoms with E-state index in [2.05, 4.69) is 17.1 Å². The van der Waals surface area contributed by atoms with Crippen LogP contribution in [-0.4, -0.2) is 34.4 Å². The first kappa shape index (κ1) is 23.0. The summed E-state index contributed by atoms with van der Waals surface area (Å²) >= 11 is 3.07. The zero-order valence-electron chi connectivity index (χ0n) is 17.7. The Labute approximate surface area is 189 Å². The second-order valence-electron chi connectivity index (χ2n) is 6.38. The van der Waals surface area contributed by atoms with Crippen LogP contribution in [0.15, 0.2) is 40.8 Å². The summed E-state index contributed by atoms with van der Waals surface area (Å²) in [7, 11) is 0. The molecule has 0 atom stereocenters. The van der Waals surface area contributed by atoms with Crippen LogP contribution in [0.5, 0.6) is 11.5 Å². The van der Waals surface area contributed by atoms with Gasteiger partial charge in [0.2, 0.25) is 12.7 Å². The number of rotatable bonds is 8. The summed E-state index contributed by atoms with van der Waals surface area (Å²) in [6, 6.07) is 9.81. The van der Waals surface area contributed by atoms with E-state index >= 15 is 0 Å². The summed E-state index contributed by atoms with van der Waals surface area (Å²) in [4.78, 5) is 17.5. The molecule has 4 rings (SSSR count). The van der Waals surface area contributed by atoms with Gasteiger partial charge in [0.1, 0.15) is 5.76 Å². The maximum absolute atomic E-state index is 10.5. The van der Waals surface area contributed by atoms with Crippen LogP contribution in [-0.2, 0) is 11.2 Å². The van der Waals surface area contributed by atoms with Crippen LogP contribution in [0.2, 0.25) is 0 Å². The molecule has 1 aromatic carbocycles. The van der Waals surface area contributed by atoms with Crippen molar-refractivity contribution in [1.29, 1.82) is 0 Å². The zero-order valence-corrected chi connectivity index (χ0v) is 19.3. The molecule has 31 heavy (non-hydrogen) atoms. The van der Waals surface area contributed by atoms with Gasteiger partial charge in [-0.1, -0.05) is 19.9 Å². The van der Waals surface area contributed by atoms with Crippen molar-refractivity contribution in [1.82, 2.24) is 4.98 Å². The average Bonchev–Trinajstić information content (AvgIpc) is 3.49. The van der Waals surface area contributed by atoms with Crippen molar-refractivity contribution in [2.45, 2.75) is 27.2 Å². The fraction of sp³-hybridized carbons (Fsp3) is 0.304. The van der Waals surface area contributed by atoms with Crippen molar-refractivity contribution in [3.05, 3.63) is 57.6 Å². The maximum atomic E-state index is 10.5. The van der Waals surface area contributed by atoms with E-state index in [-0.39, 0.29) is 12.5 Å². The number of aliphatic carboxylic acids is 1. The van der Waals surface area contributed by atoms with Crippen molar-refractivity contribution in [3.8, 4) is 23.0 Å². The Morgan fingerprint density at radius 3 is 2.84 bits per heavy atom. The van der Waals surface area contributed by atoms with Crippen molar-refractivity contribution in [2.75, 3.05) is 18.3 Å². The van der Waals surface area contributed by atoms with E-state index in [0.717, 1.165) is 27.6 Å². The Morgan fingerprint density at radius 1 is 1.23 bits per heavy atom. The van der Waals surface area contributed by atoms with E-state index in [1.165, 1.54) is 16.6 Å². The van der Waals surface area contributed by atoms with Crippen LogP contribution >= 0.6 is 23.1 Å². The molecule has 8 heteroatoms. The van der Waals surface area contributed by atoms with E-state index in [0.29, 0.717) is 23.8 Å². The Bertz CT molecular complexity index is 1050. The smallest absolute Gasteiger partial charge is 0.313 e. The highest BCUT2D eigenvalue weighted by Crippen LogP contribution is 2.36. The van der Waals surface area contributed by atoms with Gasteiger partial charge < -0.3 is 19.0 Å². The number of thioether (sulfide) groups is 1. The molecular weight excluding hydrogens is 434 g/mol. The molecule has 0 fully saturated rings.